The van der Waals surface area contributed by atoms with E-state index in [4.69, 9.17) is 9.47 Å². The van der Waals surface area contributed by atoms with Crippen molar-refractivity contribution in [2.45, 2.75) is 26.2 Å². The van der Waals surface area contributed by atoms with Gasteiger partial charge in [-0.15, -0.1) is 0 Å². The summed E-state index contributed by atoms with van der Waals surface area (Å²) in [6.07, 6.45) is 2.08. The van der Waals surface area contributed by atoms with E-state index in [1.165, 1.54) is 5.20 Å². The summed E-state index contributed by atoms with van der Waals surface area (Å²) in [4.78, 5) is 12.1. The van der Waals surface area contributed by atoms with Crippen LogP contribution in [0.2, 0.25) is 19.6 Å². The van der Waals surface area contributed by atoms with E-state index in [0.717, 1.165) is 5.56 Å². The zero-order chi connectivity index (χ0) is 18.1. The van der Waals surface area contributed by atoms with E-state index < -0.39 is 8.07 Å². The van der Waals surface area contributed by atoms with Crippen LogP contribution in [0.25, 0.3) is 0 Å². The van der Waals surface area contributed by atoms with Crippen molar-refractivity contribution in [2.75, 3.05) is 13.2 Å². The fourth-order valence-electron chi connectivity index (χ4n) is 2.29. The van der Waals surface area contributed by atoms with Crippen molar-refractivity contribution in [3.05, 3.63) is 83.1 Å². The fraction of sp³-hybridized carbons (Fsp3) is 0.286. The van der Waals surface area contributed by atoms with Gasteiger partial charge in [-0.3, -0.25) is 0 Å². The van der Waals surface area contributed by atoms with Gasteiger partial charge in [0, 0.05) is 0 Å². The van der Waals surface area contributed by atoms with Gasteiger partial charge in [0.1, 0.15) is 6.61 Å². The predicted molar refractivity (Wildman–Crippen MR) is 104 cm³/mol. The molecular formula is C21H26O3Si. The Balaban J connectivity index is 1.88. The first-order valence-electron chi connectivity index (χ1n) is 8.50. The van der Waals surface area contributed by atoms with Crippen LogP contribution in [0, 0.1) is 0 Å². The molecule has 3 nitrogen and oxygen atoms in total. The van der Waals surface area contributed by atoms with Gasteiger partial charge in [0.05, 0.1) is 26.9 Å². The van der Waals surface area contributed by atoms with Gasteiger partial charge in [0.2, 0.25) is 0 Å². The fourth-order valence-corrected chi connectivity index (χ4v) is 3.49. The average molecular weight is 355 g/mol. The number of carbonyl (C=O) groups excluding carboxylic acids is 1. The predicted octanol–water partition coefficient (Wildman–Crippen LogP) is 4.86. The van der Waals surface area contributed by atoms with Crippen molar-refractivity contribution in [3.63, 3.8) is 0 Å². The summed E-state index contributed by atoms with van der Waals surface area (Å²) in [6, 6.07) is 19.2. The first-order chi connectivity index (χ1) is 12.0. The third-order valence-corrected chi connectivity index (χ3v) is 6.17. The maximum Gasteiger partial charge on any atom is 0.338 e. The van der Waals surface area contributed by atoms with Crippen LogP contribution in [-0.4, -0.2) is 27.3 Å². The van der Waals surface area contributed by atoms with Gasteiger partial charge in [-0.2, -0.15) is 0 Å². The van der Waals surface area contributed by atoms with E-state index in [2.05, 4.69) is 25.7 Å². The molecular weight excluding hydrogens is 328 g/mol. The van der Waals surface area contributed by atoms with Crippen LogP contribution in [0.15, 0.2) is 71.9 Å². The number of carbonyl (C=O) groups is 1. The Morgan fingerprint density at radius 2 is 1.56 bits per heavy atom. The Morgan fingerprint density at radius 3 is 2.16 bits per heavy atom. The SMILES string of the molecule is C[Si](C)(C)/C(=C\COCc1ccccc1)COC(=O)c1ccccc1. The Bertz CT molecular complexity index is 688. The van der Waals surface area contributed by atoms with Gasteiger partial charge in [0.25, 0.3) is 0 Å². The highest BCUT2D eigenvalue weighted by atomic mass is 28.3. The van der Waals surface area contributed by atoms with Crippen LogP contribution in [0.3, 0.4) is 0 Å². The Kier molecular flexibility index (Phi) is 7.16. The minimum absolute atomic E-state index is 0.282. The van der Waals surface area contributed by atoms with Crippen molar-refractivity contribution in [3.8, 4) is 0 Å². The maximum absolute atomic E-state index is 12.1. The molecule has 0 aliphatic rings. The molecule has 0 unspecified atom stereocenters. The number of esters is 1. The molecule has 0 radical (unpaired) electrons. The molecule has 4 heteroatoms. The Labute approximate surface area is 151 Å². The molecule has 25 heavy (non-hydrogen) atoms. The lowest BCUT2D eigenvalue weighted by molar-refractivity contribution is 0.0543. The lowest BCUT2D eigenvalue weighted by Gasteiger charge is -2.21. The monoisotopic (exact) mass is 354 g/mol. The topological polar surface area (TPSA) is 35.5 Å². The van der Waals surface area contributed by atoms with Gasteiger partial charge < -0.3 is 9.47 Å². The van der Waals surface area contributed by atoms with Crippen molar-refractivity contribution in [2.24, 2.45) is 0 Å². The second kappa shape index (κ2) is 9.35. The summed E-state index contributed by atoms with van der Waals surface area (Å²) in [5.74, 6) is -0.282. The van der Waals surface area contributed by atoms with E-state index in [9.17, 15) is 4.79 Å². The first kappa shape index (κ1) is 19.2. The van der Waals surface area contributed by atoms with Gasteiger partial charge in [0.15, 0.2) is 0 Å². The highest BCUT2D eigenvalue weighted by Gasteiger charge is 2.21. The summed E-state index contributed by atoms with van der Waals surface area (Å²) < 4.78 is 11.2. The summed E-state index contributed by atoms with van der Waals surface area (Å²) in [6.45, 7) is 8.17. The molecule has 2 rings (SSSR count). The molecule has 0 aliphatic carbocycles. The van der Waals surface area contributed by atoms with Crippen LogP contribution in [0.1, 0.15) is 15.9 Å². The standard InChI is InChI=1S/C21H26O3Si/c1-25(2,3)20(14-15-23-16-18-10-6-4-7-11-18)17-24-21(22)19-12-8-5-9-13-19/h4-14H,15-17H2,1-3H3/b20-14-. The molecule has 132 valence electrons. The highest BCUT2D eigenvalue weighted by Crippen LogP contribution is 2.16. The number of rotatable bonds is 8. The molecule has 0 saturated carbocycles. The van der Waals surface area contributed by atoms with Gasteiger partial charge in [-0.1, -0.05) is 74.2 Å². The number of hydrogen-bond donors (Lipinski definition) is 0. The molecule has 0 heterocycles. The third kappa shape index (κ3) is 6.68. The van der Waals surface area contributed by atoms with Crippen molar-refractivity contribution in [1.82, 2.24) is 0 Å². The van der Waals surface area contributed by atoms with Crippen molar-refractivity contribution in [1.29, 1.82) is 0 Å². The van der Waals surface area contributed by atoms with E-state index in [1.807, 2.05) is 48.5 Å². The van der Waals surface area contributed by atoms with Crippen LogP contribution in [0.5, 0.6) is 0 Å². The van der Waals surface area contributed by atoms with E-state index in [0.29, 0.717) is 25.4 Å². The first-order valence-corrected chi connectivity index (χ1v) is 12.0. The molecule has 0 bridgehead atoms. The summed E-state index contributed by atoms with van der Waals surface area (Å²) >= 11 is 0. The molecule has 0 N–H and O–H groups in total. The molecule has 0 atom stereocenters. The molecule has 0 aromatic heterocycles. The smallest absolute Gasteiger partial charge is 0.338 e. The van der Waals surface area contributed by atoms with Crippen molar-refractivity contribution < 1.29 is 14.3 Å². The molecule has 2 aromatic carbocycles. The van der Waals surface area contributed by atoms with E-state index >= 15 is 0 Å². The van der Waals surface area contributed by atoms with E-state index in [1.54, 1.807) is 12.1 Å². The van der Waals surface area contributed by atoms with Gasteiger partial charge >= 0.3 is 5.97 Å². The summed E-state index contributed by atoms with van der Waals surface area (Å²) in [5.41, 5.74) is 1.73. The summed E-state index contributed by atoms with van der Waals surface area (Å²) in [5, 5.41) is 1.19. The van der Waals surface area contributed by atoms with Crippen LogP contribution >= 0.6 is 0 Å². The van der Waals surface area contributed by atoms with E-state index in [-0.39, 0.29) is 5.97 Å². The second-order valence-corrected chi connectivity index (χ2v) is 12.1. The van der Waals surface area contributed by atoms with Crippen LogP contribution < -0.4 is 0 Å². The largest absolute Gasteiger partial charge is 0.458 e. The van der Waals surface area contributed by atoms with Crippen LogP contribution in [0.4, 0.5) is 0 Å². The Morgan fingerprint density at radius 1 is 0.960 bits per heavy atom. The third-order valence-electron chi connectivity index (χ3n) is 3.89. The maximum atomic E-state index is 12.1. The lowest BCUT2D eigenvalue weighted by Crippen LogP contribution is -2.28. The average Bonchev–Trinajstić information content (AvgIpc) is 2.61. The minimum atomic E-state index is -1.58. The molecule has 0 aliphatic heterocycles. The van der Waals surface area contributed by atoms with Crippen molar-refractivity contribution >= 4 is 14.0 Å². The quantitative estimate of drug-likeness (QED) is 0.386. The molecule has 0 saturated heterocycles. The molecule has 0 spiro atoms. The number of hydrogen-bond acceptors (Lipinski definition) is 3. The molecule has 0 amide bonds. The molecule has 2 aromatic rings. The lowest BCUT2D eigenvalue weighted by atomic mass is 10.2. The number of benzene rings is 2. The summed E-state index contributed by atoms with van der Waals surface area (Å²) in [7, 11) is -1.58. The number of ether oxygens (including phenoxy) is 2. The zero-order valence-corrected chi connectivity index (χ0v) is 16.2. The molecule has 0 fully saturated rings. The normalized spacial score (nSPS) is 12.0. The zero-order valence-electron chi connectivity index (χ0n) is 15.2. The van der Waals surface area contributed by atoms with Gasteiger partial charge in [-0.25, -0.2) is 4.79 Å². The highest BCUT2D eigenvalue weighted by molar-refractivity contribution is 6.83. The van der Waals surface area contributed by atoms with Crippen LogP contribution in [-0.2, 0) is 16.1 Å². The minimum Gasteiger partial charge on any atom is -0.458 e. The second-order valence-electron chi connectivity index (χ2n) is 6.92. The Hall–Kier alpha value is -2.17. The van der Waals surface area contributed by atoms with Gasteiger partial charge in [-0.05, 0) is 22.9 Å².